The molecule has 0 aliphatic carbocycles. The first-order valence-electron chi connectivity index (χ1n) is 7.43. The Bertz CT molecular complexity index is 973. The average Bonchev–Trinajstić information content (AvgIpc) is 3.01. The van der Waals surface area contributed by atoms with Crippen LogP contribution in [0.1, 0.15) is 0 Å². The molecule has 1 aromatic heterocycles. The number of likely N-dealkylation sites (N-methyl/N-ethyl adjacent to an activating group) is 1. The molecule has 8 heteroatoms. The van der Waals surface area contributed by atoms with Crippen molar-refractivity contribution in [2.45, 2.75) is 4.90 Å². The Morgan fingerprint density at radius 3 is 2.60 bits per heavy atom. The number of rotatable bonds is 6. The van der Waals surface area contributed by atoms with E-state index < -0.39 is 15.8 Å². The van der Waals surface area contributed by atoms with Crippen LogP contribution in [0.5, 0.6) is 5.75 Å². The Labute approximate surface area is 151 Å². The fourth-order valence-corrected chi connectivity index (χ4v) is 3.89. The predicted molar refractivity (Wildman–Crippen MR) is 97.6 cm³/mol. The van der Waals surface area contributed by atoms with Gasteiger partial charge < -0.3 is 10.1 Å². The summed E-state index contributed by atoms with van der Waals surface area (Å²) in [6.07, 6.45) is 1.41. The number of nitrogens with one attached hydrogen (secondary N) is 1. The first kappa shape index (κ1) is 19.2. The first-order valence-corrected chi connectivity index (χ1v) is 8.87. The number of hydrogen-bond acceptors (Lipinski definition) is 4. The highest BCUT2D eigenvalue weighted by Gasteiger charge is 2.23. The molecule has 0 radical (unpaired) electrons. The SMILES string of the molecule is CNCCOc1cccc2c1ccn2S(=O)(=O)c1ccccc1F.Cl. The number of fused-ring (bicyclic) bond motifs is 1. The zero-order valence-corrected chi connectivity index (χ0v) is 15.1. The van der Waals surface area contributed by atoms with Crippen LogP contribution in [-0.2, 0) is 10.0 Å². The van der Waals surface area contributed by atoms with Crippen LogP contribution in [-0.4, -0.2) is 32.6 Å². The summed E-state index contributed by atoms with van der Waals surface area (Å²) in [6.45, 7) is 1.13. The highest BCUT2D eigenvalue weighted by Crippen LogP contribution is 2.29. The molecule has 134 valence electrons. The van der Waals surface area contributed by atoms with Crippen LogP contribution in [0.4, 0.5) is 4.39 Å². The van der Waals surface area contributed by atoms with Crippen LogP contribution in [0, 0.1) is 5.82 Å². The van der Waals surface area contributed by atoms with Gasteiger partial charge in [-0.25, -0.2) is 16.8 Å². The molecule has 0 saturated carbocycles. The summed E-state index contributed by atoms with van der Waals surface area (Å²) in [4.78, 5) is -0.357. The lowest BCUT2D eigenvalue weighted by Crippen LogP contribution is -2.16. The topological polar surface area (TPSA) is 60.3 Å². The summed E-state index contributed by atoms with van der Waals surface area (Å²) in [7, 11) is -2.20. The first-order chi connectivity index (χ1) is 11.6. The molecule has 25 heavy (non-hydrogen) atoms. The molecule has 5 nitrogen and oxygen atoms in total. The molecule has 0 fully saturated rings. The minimum atomic E-state index is -4.02. The van der Waals surface area contributed by atoms with Crippen LogP contribution < -0.4 is 10.1 Å². The predicted octanol–water partition coefficient (Wildman–Crippen LogP) is 3.04. The van der Waals surface area contributed by atoms with E-state index in [0.29, 0.717) is 29.8 Å². The minimum absolute atomic E-state index is 0. The highest BCUT2D eigenvalue weighted by molar-refractivity contribution is 7.90. The summed E-state index contributed by atoms with van der Waals surface area (Å²) < 4.78 is 46.2. The molecular weight excluding hydrogens is 367 g/mol. The van der Waals surface area contributed by atoms with Crippen LogP contribution >= 0.6 is 12.4 Å². The molecule has 0 aliphatic heterocycles. The number of halogens is 2. The largest absolute Gasteiger partial charge is 0.492 e. The molecule has 1 N–H and O–H groups in total. The maximum atomic E-state index is 13.9. The van der Waals surface area contributed by atoms with Crippen molar-refractivity contribution < 1.29 is 17.5 Å². The average molecular weight is 385 g/mol. The lowest BCUT2D eigenvalue weighted by atomic mass is 10.2. The van der Waals surface area contributed by atoms with Gasteiger partial charge in [0.15, 0.2) is 0 Å². The maximum absolute atomic E-state index is 13.9. The second-order valence-corrected chi connectivity index (χ2v) is 6.97. The van der Waals surface area contributed by atoms with Crippen molar-refractivity contribution in [2.75, 3.05) is 20.2 Å². The van der Waals surface area contributed by atoms with E-state index in [4.69, 9.17) is 4.74 Å². The normalized spacial score (nSPS) is 11.3. The van der Waals surface area contributed by atoms with E-state index in [2.05, 4.69) is 5.32 Å². The lowest BCUT2D eigenvalue weighted by molar-refractivity contribution is 0.322. The number of hydrogen-bond donors (Lipinski definition) is 1. The van der Waals surface area contributed by atoms with Crippen molar-refractivity contribution in [3.63, 3.8) is 0 Å². The summed E-state index contributed by atoms with van der Waals surface area (Å²) in [5, 5.41) is 3.64. The smallest absolute Gasteiger partial charge is 0.271 e. The number of benzene rings is 2. The van der Waals surface area contributed by atoms with Gasteiger partial charge >= 0.3 is 0 Å². The molecule has 0 aliphatic rings. The lowest BCUT2D eigenvalue weighted by Gasteiger charge is -2.10. The Morgan fingerprint density at radius 1 is 1.12 bits per heavy atom. The minimum Gasteiger partial charge on any atom is -0.492 e. The quantitative estimate of drug-likeness (QED) is 0.663. The molecule has 0 amide bonds. The molecule has 2 aromatic carbocycles. The zero-order valence-electron chi connectivity index (χ0n) is 13.5. The second kappa shape index (κ2) is 7.86. The van der Waals surface area contributed by atoms with E-state index in [1.54, 1.807) is 24.3 Å². The van der Waals surface area contributed by atoms with Gasteiger partial charge in [0.25, 0.3) is 10.0 Å². The highest BCUT2D eigenvalue weighted by atomic mass is 35.5. The van der Waals surface area contributed by atoms with E-state index >= 15 is 0 Å². The molecule has 3 aromatic rings. The Morgan fingerprint density at radius 2 is 1.88 bits per heavy atom. The molecule has 0 spiro atoms. The van der Waals surface area contributed by atoms with Crippen LogP contribution in [0.2, 0.25) is 0 Å². The van der Waals surface area contributed by atoms with Gasteiger partial charge in [-0.1, -0.05) is 18.2 Å². The van der Waals surface area contributed by atoms with Crippen LogP contribution in [0.3, 0.4) is 0 Å². The molecule has 0 unspecified atom stereocenters. The molecule has 0 bridgehead atoms. The van der Waals surface area contributed by atoms with E-state index in [1.165, 1.54) is 24.4 Å². The third-order valence-corrected chi connectivity index (χ3v) is 5.36. The van der Waals surface area contributed by atoms with Crippen molar-refractivity contribution in [3.05, 3.63) is 60.5 Å². The van der Waals surface area contributed by atoms with Crippen molar-refractivity contribution in [2.24, 2.45) is 0 Å². The van der Waals surface area contributed by atoms with Gasteiger partial charge in [-0.2, -0.15) is 0 Å². The number of aromatic nitrogens is 1. The number of ether oxygens (including phenoxy) is 1. The fourth-order valence-electron chi connectivity index (χ4n) is 2.47. The molecule has 3 rings (SSSR count). The maximum Gasteiger partial charge on any atom is 0.271 e. The fraction of sp³-hybridized carbons (Fsp3) is 0.176. The summed E-state index contributed by atoms with van der Waals surface area (Å²) >= 11 is 0. The molecule has 1 heterocycles. The van der Waals surface area contributed by atoms with E-state index in [-0.39, 0.29) is 17.3 Å². The third kappa shape index (κ3) is 3.63. The Kier molecular flexibility index (Phi) is 6.05. The third-order valence-electron chi connectivity index (χ3n) is 3.64. The van der Waals surface area contributed by atoms with Crippen molar-refractivity contribution in [1.82, 2.24) is 9.29 Å². The summed E-state index contributed by atoms with van der Waals surface area (Å²) in [6, 6.07) is 12.1. The second-order valence-electron chi connectivity index (χ2n) is 5.19. The van der Waals surface area contributed by atoms with E-state index in [9.17, 15) is 12.8 Å². The van der Waals surface area contributed by atoms with Crippen LogP contribution in [0.15, 0.2) is 59.6 Å². The monoisotopic (exact) mass is 384 g/mol. The summed E-state index contributed by atoms with van der Waals surface area (Å²) in [5.41, 5.74) is 0.445. The van der Waals surface area contributed by atoms with Gasteiger partial charge in [0.2, 0.25) is 0 Å². The van der Waals surface area contributed by atoms with Crippen molar-refractivity contribution in [3.8, 4) is 5.75 Å². The van der Waals surface area contributed by atoms with Crippen LogP contribution in [0.25, 0.3) is 10.9 Å². The van der Waals surface area contributed by atoms with Gasteiger partial charge in [0.05, 0.1) is 5.52 Å². The zero-order chi connectivity index (χ0) is 17.2. The Hall–Kier alpha value is -2.09. The van der Waals surface area contributed by atoms with Gasteiger partial charge in [-0.05, 0) is 37.4 Å². The van der Waals surface area contributed by atoms with Gasteiger partial charge in [-0.3, -0.25) is 0 Å². The molecule has 0 saturated heterocycles. The Balaban J connectivity index is 0.00000225. The number of nitrogens with zero attached hydrogens (tertiary/aromatic N) is 1. The molecule has 0 atom stereocenters. The summed E-state index contributed by atoms with van der Waals surface area (Å²) in [5.74, 6) is -0.189. The van der Waals surface area contributed by atoms with E-state index in [0.717, 1.165) is 10.0 Å². The van der Waals surface area contributed by atoms with Gasteiger partial charge in [-0.15, -0.1) is 12.4 Å². The van der Waals surface area contributed by atoms with Crippen molar-refractivity contribution >= 4 is 33.3 Å². The van der Waals surface area contributed by atoms with Crippen molar-refractivity contribution in [1.29, 1.82) is 0 Å². The van der Waals surface area contributed by atoms with E-state index in [1.807, 2.05) is 7.05 Å². The molecular formula is C17H18ClFN2O3S. The standard InChI is InChI=1S/C17H17FN2O3S.ClH/c1-19-10-12-23-16-7-4-6-15-13(16)9-11-20(15)24(21,22)17-8-3-2-5-14(17)18;/h2-9,11,19H,10,12H2,1H3;1H. The van der Waals surface area contributed by atoms with Gasteiger partial charge in [0.1, 0.15) is 23.1 Å². The van der Waals surface area contributed by atoms with Gasteiger partial charge in [0, 0.05) is 18.1 Å².